The van der Waals surface area contributed by atoms with Gasteiger partial charge in [-0.2, -0.15) is 0 Å². The predicted octanol–water partition coefficient (Wildman–Crippen LogP) is 3.60. The maximum absolute atomic E-state index is 9.96. The first-order chi connectivity index (χ1) is 10.2. The highest BCUT2D eigenvalue weighted by Gasteiger charge is 2.24. The summed E-state index contributed by atoms with van der Waals surface area (Å²) in [4.78, 5) is 6.82. The lowest BCUT2D eigenvalue weighted by molar-refractivity contribution is 0.207. The van der Waals surface area contributed by atoms with Crippen molar-refractivity contribution in [2.45, 2.75) is 13.0 Å². The van der Waals surface area contributed by atoms with Crippen molar-refractivity contribution in [2.24, 2.45) is 4.99 Å². The van der Waals surface area contributed by atoms with Gasteiger partial charge in [-0.3, -0.25) is 0 Å². The lowest BCUT2D eigenvalue weighted by Gasteiger charge is -2.32. The second kappa shape index (κ2) is 6.33. The minimum atomic E-state index is -0.328. The summed E-state index contributed by atoms with van der Waals surface area (Å²) in [5, 5.41) is 10.9. The summed E-state index contributed by atoms with van der Waals surface area (Å²) in [6.45, 7) is 2.66. The van der Waals surface area contributed by atoms with Crippen molar-refractivity contribution < 1.29 is 5.11 Å². The lowest BCUT2D eigenvalue weighted by Crippen LogP contribution is -2.42. The van der Waals surface area contributed by atoms with E-state index in [4.69, 9.17) is 4.99 Å². The van der Waals surface area contributed by atoms with Crippen molar-refractivity contribution >= 4 is 28.3 Å². The van der Waals surface area contributed by atoms with Crippen LogP contribution in [-0.4, -0.2) is 28.7 Å². The number of anilines is 1. The van der Waals surface area contributed by atoms with Crippen molar-refractivity contribution in [3.05, 3.63) is 60.2 Å². The average Bonchev–Trinajstić information content (AvgIpc) is 2.51. The van der Waals surface area contributed by atoms with Crippen LogP contribution in [0, 0.1) is 6.92 Å². The first-order valence-corrected chi connectivity index (χ1v) is 8.00. The van der Waals surface area contributed by atoms with Crippen LogP contribution in [0.2, 0.25) is 0 Å². The number of nitrogens with zero attached hydrogens (tertiary/aromatic N) is 2. The van der Waals surface area contributed by atoms with E-state index in [-0.39, 0.29) is 6.10 Å². The monoisotopic (exact) mass is 298 g/mol. The highest BCUT2D eigenvalue weighted by Crippen LogP contribution is 2.27. The van der Waals surface area contributed by atoms with Crippen LogP contribution >= 0.6 is 11.8 Å². The zero-order chi connectivity index (χ0) is 14.7. The number of aryl methyl sites for hydroxylation is 1. The van der Waals surface area contributed by atoms with Crippen LogP contribution in [0.1, 0.15) is 5.56 Å². The normalized spacial score (nSPS) is 20.8. The minimum absolute atomic E-state index is 0.328. The number of benzene rings is 2. The molecule has 0 bridgehead atoms. The van der Waals surface area contributed by atoms with Gasteiger partial charge in [-0.05, 0) is 31.2 Å². The number of hydrogen-bond donors (Lipinski definition) is 1. The predicted molar refractivity (Wildman–Crippen MR) is 90.5 cm³/mol. The Bertz CT molecular complexity index is 625. The van der Waals surface area contributed by atoms with Gasteiger partial charge in [0.1, 0.15) is 0 Å². The van der Waals surface area contributed by atoms with Gasteiger partial charge in [-0.1, -0.05) is 47.7 Å². The van der Waals surface area contributed by atoms with E-state index in [1.54, 1.807) is 11.8 Å². The largest absolute Gasteiger partial charge is 0.390 e. The maximum Gasteiger partial charge on any atom is 0.169 e. The molecule has 3 nitrogen and oxygen atoms in total. The highest BCUT2D eigenvalue weighted by molar-refractivity contribution is 8.14. The van der Waals surface area contributed by atoms with E-state index >= 15 is 0 Å². The Morgan fingerprint density at radius 3 is 2.52 bits per heavy atom. The van der Waals surface area contributed by atoms with Gasteiger partial charge >= 0.3 is 0 Å². The first-order valence-electron chi connectivity index (χ1n) is 7.01. The fourth-order valence-electron chi connectivity index (χ4n) is 2.24. The molecule has 3 rings (SSSR count). The molecule has 0 aliphatic carbocycles. The zero-order valence-corrected chi connectivity index (χ0v) is 12.8. The van der Waals surface area contributed by atoms with Gasteiger partial charge in [-0.15, -0.1) is 0 Å². The summed E-state index contributed by atoms with van der Waals surface area (Å²) in [5.74, 6) is 0.689. The third-order valence-electron chi connectivity index (χ3n) is 3.36. The van der Waals surface area contributed by atoms with Gasteiger partial charge < -0.3 is 10.0 Å². The molecule has 0 radical (unpaired) electrons. The smallest absolute Gasteiger partial charge is 0.169 e. The van der Waals surface area contributed by atoms with Gasteiger partial charge in [0.2, 0.25) is 0 Å². The highest BCUT2D eigenvalue weighted by atomic mass is 32.2. The van der Waals surface area contributed by atoms with E-state index in [1.165, 1.54) is 5.56 Å². The molecule has 1 N–H and O–H groups in total. The van der Waals surface area contributed by atoms with Crippen molar-refractivity contribution in [3.8, 4) is 0 Å². The van der Waals surface area contributed by atoms with E-state index in [0.717, 1.165) is 16.5 Å². The standard InChI is InChI=1S/C17H18N2OS/c1-13-7-9-15(10-8-13)19-11-16(20)12-21-17(19)18-14-5-3-2-4-6-14/h2-10,16,20H,11-12H2,1H3/t16-/m0/s1. The van der Waals surface area contributed by atoms with Gasteiger partial charge in [0.05, 0.1) is 18.3 Å². The Labute approximate surface area is 129 Å². The van der Waals surface area contributed by atoms with Gasteiger partial charge in [-0.25, -0.2) is 4.99 Å². The second-order valence-corrected chi connectivity index (χ2v) is 6.13. The molecule has 108 valence electrons. The van der Waals surface area contributed by atoms with Crippen LogP contribution < -0.4 is 4.90 Å². The number of hydrogen-bond acceptors (Lipinski definition) is 3. The number of aliphatic hydroxyl groups excluding tert-OH is 1. The molecular formula is C17H18N2OS. The van der Waals surface area contributed by atoms with E-state index < -0.39 is 0 Å². The number of aliphatic imine (C=N–C) groups is 1. The average molecular weight is 298 g/mol. The Balaban J connectivity index is 1.93. The van der Waals surface area contributed by atoms with Crippen molar-refractivity contribution in [2.75, 3.05) is 17.2 Å². The van der Waals surface area contributed by atoms with Crippen LogP contribution in [0.25, 0.3) is 0 Å². The fraction of sp³-hybridized carbons (Fsp3) is 0.235. The first kappa shape index (κ1) is 14.2. The number of β-amino-alcohol motifs (C(OH)–C–C–N with tert-alkyl or cyclic N) is 1. The molecule has 1 aliphatic heterocycles. The number of amidine groups is 1. The minimum Gasteiger partial charge on any atom is -0.390 e. The molecule has 1 atom stereocenters. The molecule has 4 heteroatoms. The zero-order valence-electron chi connectivity index (χ0n) is 11.9. The topological polar surface area (TPSA) is 35.8 Å². The van der Waals surface area contributed by atoms with Gasteiger partial charge in [0.15, 0.2) is 5.17 Å². The Morgan fingerprint density at radius 1 is 1.10 bits per heavy atom. The molecule has 0 saturated carbocycles. The molecule has 1 saturated heterocycles. The summed E-state index contributed by atoms with van der Waals surface area (Å²) in [5.41, 5.74) is 3.24. The molecule has 1 heterocycles. The number of rotatable bonds is 2. The molecule has 1 fully saturated rings. The van der Waals surface area contributed by atoms with E-state index in [0.29, 0.717) is 12.3 Å². The molecular weight excluding hydrogens is 280 g/mol. The van der Waals surface area contributed by atoms with Gasteiger partial charge in [0.25, 0.3) is 0 Å². The summed E-state index contributed by atoms with van der Waals surface area (Å²) in [6, 6.07) is 18.3. The van der Waals surface area contributed by atoms with E-state index in [2.05, 4.69) is 36.1 Å². The fourth-order valence-corrected chi connectivity index (χ4v) is 3.19. The van der Waals surface area contributed by atoms with E-state index in [1.807, 2.05) is 30.3 Å². The maximum atomic E-state index is 9.96. The quantitative estimate of drug-likeness (QED) is 0.920. The van der Waals surface area contributed by atoms with E-state index in [9.17, 15) is 5.11 Å². The summed E-state index contributed by atoms with van der Waals surface area (Å²) in [7, 11) is 0. The third-order valence-corrected chi connectivity index (χ3v) is 4.48. The van der Waals surface area contributed by atoms with Crippen LogP contribution in [0.5, 0.6) is 0 Å². The molecule has 21 heavy (non-hydrogen) atoms. The number of para-hydroxylation sites is 1. The summed E-state index contributed by atoms with van der Waals surface area (Å²) >= 11 is 1.60. The van der Waals surface area contributed by atoms with Gasteiger partial charge in [0, 0.05) is 11.4 Å². The van der Waals surface area contributed by atoms with Crippen LogP contribution in [0.15, 0.2) is 59.6 Å². The van der Waals surface area contributed by atoms with Crippen molar-refractivity contribution in [1.29, 1.82) is 0 Å². The van der Waals surface area contributed by atoms with Crippen molar-refractivity contribution in [3.63, 3.8) is 0 Å². The Kier molecular flexibility index (Phi) is 4.27. The van der Waals surface area contributed by atoms with Crippen LogP contribution in [0.3, 0.4) is 0 Å². The summed E-state index contributed by atoms with van der Waals surface area (Å²) < 4.78 is 0. The number of aliphatic hydroxyl groups is 1. The summed E-state index contributed by atoms with van der Waals surface area (Å²) in [6.07, 6.45) is -0.328. The Hall–Kier alpha value is -1.78. The molecule has 2 aromatic rings. The van der Waals surface area contributed by atoms with Crippen molar-refractivity contribution in [1.82, 2.24) is 0 Å². The second-order valence-electron chi connectivity index (χ2n) is 5.14. The van der Waals surface area contributed by atoms with Crippen LogP contribution in [0.4, 0.5) is 11.4 Å². The van der Waals surface area contributed by atoms with Crippen LogP contribution in [-0.2, 0) is 0 Å². The molecule has 1 aliphatic rings. The molecule has 0 amide bonds. The number of thioether (sulfide) groups is 1. The third kappa shape index (κ3) is 3.46. The molecule has 0 spiro atoms. The molecule has 0 aromatic heterocycles. The SMILES string of the molecule is Cc1ccc(N2C[C@H](O)CSC2=Nc2ccccc2)cc1. The lowest BCUT2D eigenvalue weighted by atomic mass is 10.2. The Morgan fingerprint density at radius 2 is 1.81 bits per heavy atom. The molecule has 2 aromatic carbocycles. The molecule has 0 unspecified atom stereocenters.